The molecule has 1 unspecified atom stereocenters. The van der Waals surface area contributed by atoms with Crippen molar-refractivity contribution in [2.45, 2.75) is 38.1 Å². The molecule has 2 fully saturated rings. The Labute approximate surface area is 160 Å². The second kappa shape index (κ2) is 9.25. The van der Waals surface area contributed by atoms with Crippen molar-refractivity contribution in [3.05, 3.63) is 28.8 Å². The Bertz CT molecular complexity index is 655. The first-order valence-corrected chi connectivity index (χ1v) is 9.82. The Morgan fingerprint density at radius 3 is 2.85 bits per heavy atom. The van der Waals surface area contributed by atoms with Gasteiger partial charge < -0.3 is 14.5 Å². The Morgan fingerprint density at radius 1 is 1.35 bits per heavy atom. The van der Waals surface area contributed by atoms with Crippen LogP contribution < -0.4 is 4.90 Å². The number of ether oxygens (including phenoxy) is 1. The number of piperidine rings is 1. The maximum absolute atomic E-state index is 11.5. The predicted octanol–water partition coefficient (Wildman–Crippen LogP) is 3.46. The van der Waals surface area contributed by atoms with Crippen LogP contribution in [-0.2, 0) is 9.53 Å². The first-order chi connectivity index (χ1) is 12.7. The van der Waals surface area contributed by atoms with Crippen molar-refractivity contribution in [3.63, 3.8) is 0 Å². The zero-order valence-electron chi connectivity index (χ0n) is 15.1. The van der Waals surface area contributed by atoms with Crippen molar-refractivity contribution in [1.82, 2.24) is 4.90 Å². The van der Waals surface area contributed by atoms with Gasteiger partial charge in [-0.1, -0.05) is 11.6 Å². The molecule has 26 heavy (non-hydrogen) atoms. The van der Waals surface area contributed by atoms with Crippen LogP contribution in [0.4, 0.5) is 5.69 Å². The van der Waals surface area contributed by atoms with Crippen LogP contribution in [0.1, 0.15) is 37.7 Å². The number of carbonyl (C=O) groups is 1. The maximum Gasteiger partial charge on any atom is 0.209 e. The molecule has 2 aliphatic heterocycles. The first kappa shape index (κ1) is 19.0. The highest BCUT2D eigenvalue weighted by Gasteiger charge is 2.24. The van der Waals surface area contributed by atoms with Gasteiger partial charge in [-0.3, -0.25) is 4.79 Å². The molecule has 3 rings (SSSR count). The summed E-state index contributed by atoms with van der Waals surface area (Å²) in [4.78, 5) is 15.8. The van der Waals surface area contributed by atoms with Gasteiger partial charge >= 0.3 is 0 Å². The molecule has 1 aromatic carbocycles. The molecule has 1 amide bonds. The quantitative estimate of drug-likeness (QED) is 0.714. The monoisotopic (exact) mass is 375 g/mol. The topological polar surface area (TPSA) is 56.6 Å². The summed E-state index contributed by atoms with van der Waals surface area (Å²) in [6.45, 7) is 4.26. The van der Waals surface area contributed by atoms with Crippen LogP contribution >= 0.6 is 11.6 Å². The fraction of sp³-hybridized carbons (Fsp3) is 0.600. The SMILES string of the molecule is N#Cc1ccc(N2CCCC(CCN(C=O)C3CCOCC3)C2)c(Cl)c1. The highest BCUT2D eigenvalue weighted by atomic mass is 35.5. The second-order valence-corrected chi connectivity index (χ2v) is 7.61. The molecule has 2 saturated heterocycles. The number of halogens is 1. The van der Waals surface area contributed by atoms with Gasteiger partial charge in [-0.25, -0.2) is 0 Å². The molecule has 2 aliphatic rings. The minimum atomic E-state index is 0.328. The summed E-state index contributed by atoms with van der Waals surface area (Å²) in [5.41, 5.74) is 1.59. The minimum absolute atomic E-state index is 0.328. The van der Waals surface area contributed by atoms with E-state index in [0.717, 1.165) is 70.6 Å². The van der Waals surface area contributed by atoms with Crippen molar-refractivity contribution in [2.75, 3.05) is 37.7 Å². The molecular weight excluding hydrogens is 350 g/mol. The predicted molar refractivity (Wildman–Crippen MR) is 102 cm³/mol. The molecule has 140 valence electrons. The highest BCUT2D eigenvalue weighted by molar-refractivity contribution is 6.33. The molecular formula is C20H26ClN3O2. The van der Waals surface area contributed by atoms with Crippen molar-refractivity contribution >= 4 is 23.7 Å². The molecule has 0 radical (unpaired) electrons. The van der Waals surface area contributed by atoms with Gasteiger partial charge in [-0.2, -0.15) is 5.26 Å². The standard InChI is InChI=1S/C20H26ClN3O2/c21-19-12-17(13-22)3-4-20(19)23-8-1-2-16(14-23)5-9-24(15-25)18-6-10-26-11-7-18/h3-4,12,15-16,18H,1-2,5-11,14H2. The number of hydrogen-bond acceptors (Lipinski definition) is 4. The van der Waals surface area contributed by atoms with E-state index >= 15 is 0 Å². The maximum atomic E-state index is 11.5. The molecule has 0 N–H and O–H groups in total. The number of amides is 1. The molecule has 1 atom stereocenters. The van der Waals surface area contributed by atoms with Crippen molar-refractivity contribution < 1.29 is 9.53 Å². The average molecular weight is 376 g/mol. The summed E-state index contributed by atoms with van der Waals surface area (Å²) in [6, 6.07) is 7.96. The number of anilines is 1. The van der Waals surface area contributed by atoms with E-state index in [-0.39, 0.29) is 0 Å². The number of nitriles is 1. The van der Waals surface area contributed by atoms with Crippen molar-refractivity contribution in [3.8, 4) is 6.07 Å². The lowest BCUT2D eigenvalue weighted by Gasteiger charge is -2.37. The van der Waals surface area contributed by atoms with Crippen LogP contribution in [0.15, 0.2) is 18.2 Å². The molecule has 5 nitrogen and oxygen atoms in total. The van der Waals surface area contributed by atoms with Gasteiger partial charge in [0.2, 0.25) is 6.41 Å². The van der Waals surface area contributed by atoms with Crippen LogP contribution in [0.25, 0.3) is 0 Å². The van der Waals surface area contributed by atoms with Gasteiger partial charge in [-0.05, 0) is 56.2 Å². The number of carbonyl (C=O) groups excluding carboxylic acids is 1. The molecule has 0 spiro atoms. The smallest absolute Gasteiger partial charge is 0.209 e. The van der Waals surface area contributed by atoms with Gasteiger partial charge in [0, 0.05) is 38.9 Å². The third kappa shape index (κ3) is 4.69. The van der Waals surface area contributed by atoms with E-state index < -0.39 is 0 Å². The number of rotatable bonds is 6. The molecule has 1 aromatic rings. The Morgan fingerprint density at radius 2 is 2.15 bits per heavy atom. The summed E-state index contributed by atoms with van der Waals surface area (Å²) in [6.07, 6.45) is 6.21. The fourth-order valence-electron chi connectivity index (χ4n) is 4.02. The first-order valence-electron chi connectivity index (χ1n) is 9.44. The van der Waals surface area contributed by atoms with E-state index in [1.165, 1.54) is 6.42 Å². The molecule has 0 aliphatic carbocycles. The Balaban J connectivity index is 1.56. The Kier molecular flexibility index (Phi) is 6.76. The average Bonchev–Trinajstić information content (AvgIpc) is 2.69. The number of nitrogens with zero attached hydrogens (tertiary/aromatic N) is 3. The highest BCUT2D eigenvalue weighted by Crippen LogP contribution is 2.31. The van der Waals surface area contributed by atoms with Gasteiger partial charge in [-0.15, -0.1) is 0 Å². The van der Waals surface area contributed by atoms with E-state index in [0.29, 0.717) is 22.5 Å². The number of hydrogen-bond donors (Lipinski definition) is 0. The summed E-state index contributed by atoms with van der Waals surface area (Å²) in [5.74, 6) is 0.553. The fourth-order valence-corrected chi connectivity index (χ4v) is 4.32. The van der Waals surface area contributed by atoms with Gasteiger partial charge in [0.25, 0.3) is 0 Å². The largest absolute Gasteiger partial charge is 0.381 e. The molecule has 0 aromatic heterocycles. The lowest BCUT2D eigenvalue weighted by atomic mass is 9.93. The van der Waals surface area contributed by atoms with Crippen LogP contribution in [0.5, 0.6) is 0 Å². The Hall–Kier alpha value is -1.77. The summed E-state index contributed by atoms with van der Waals surface area (Å²) in [7, 11) is 0. The summed E-state index contributed by atoms with van der Waals surface area (Å²) in [5, 5.41) is 9.64. The zero-order chi connectivity index (χ0) is 18.4. The normalized spacial score (nSPS) is 21.2. The molecule has 2 heterocycles. The zero-order valence-corrected chi connectivity index (χ0v) is 15.8. The van der Waals surface area contributed by atoms with E-state index in [4.69, 9.17) is 21.6 Å². The van der Waals surface area contributed by atoms with Gasteiger partial charge in [0.15, 0.2) is 0 Å². The second-order valence-electron chi connectivity index (χ2n) is 7.21. The van der Waals surface area contributed by atoms with E-state index in [1.54, 1.807) is 6.07 Å². The van der Waals surface area contributed by atoms with Gasteiger partial charge in [0.1, 0.15) is 0 Å². The van der Waals surface area contributed by atoms with E-state index in [9.17, 15) is 4.79 Å². The number of benzene rings is 1. The van der Waals surface area contributed by atoms with Gasteiger partial charge in [0.05, 0.1) is 22.3 Å². The third-order valence-electron chi connectivity index (χ3n) is 5.53. The lowest BCUT2D eigenvalue weighted by molar-refractivity contribution is -0.122. The molecule has 6 heteroatoms. The van der Waals surface area contributed by atoms with Crippen LogP contribution in [0.2, 0.25) is 5.02 Å². The molecule has 0 saturated carbocycles. The minimum Gasteiger partial charge on any atom is -0.381 e. The summed E-state index contributed by atoms with van der Waals surface area (Å²) < 4.78 is 5.40. The lowest BCUT2D eigenvalue weighted by Crippen LogP contribution is -2.41. The van der Waals surface area contributed by atoms with Crippen molar-refractivity contribution in [1.29, 1.82) is 5.26 Å². The van der Waals surface area contributed by atoms with Crippen molar-refractivity contribution in [2.24, 2.45) is 5.92 Å². The van der Waals surface area contributed by atoms with E-state index in [2.05, 4.69) is 11.0 Å². The summed E-state index contributed by atoms with van der Waals surface area (Å²) >= 11 is 6.38. The van der Waals surface area contributed by atoms with Crippen LogP contribution in [-0.4, -0.2) is 50.2 Å². The van der Waals surface area contributed by atoms with Crippen LogP contribution in [0.3, 0.4) is 0 Å². The van der Waals surface area contributed by atoms with E-state index in [1.807, 2.05) is 17.0 Å². The van der Waals surface area contributed by atoms with Crippen LogP contribution in [0, 0.1) is 17.2 Å². The molecule has 0 bridgehead atoms. The third-order valence-corrected chi connectivity index (χ3v) is 5.83.